The standard InChI is InChI=1S/C19H18FN3S2/c1-12-15-9-13(20)4-5-16(15)23-18(12)11-22-17(19-21-6-8-25-19)10-14-3-2-7-24-14/h2-9,17,22-23H,10-11H2,1H3. The molecule has 25 heavy (non-hydrogen) atoms. The van der Waals surface area contributed by atoms with E-state index in [0.29, 0.717) is 6.54 Å². The molecule has 0 aliphatic rings. The molecule has 0 spiro atoms. The summed E-state index contributed by atoms with van der Waals surface area (Å²) in [5, 5.41) is 9.77. The number of rotatable bonds is 6. The van der Waals surface area contributed by atoms with E-state index in [1.807, 2.05) is 18.5 Å². The topological polar surface area (TPSA) is 40.7 Å². The molecular weight excluding hydrogens is 353 g/mol. The number of thiazole rings is 1. The molecule has 1 unspecified atom stereocenters. The van der Waals surface area contributed by atoms with Crippen molar-refractivity contribution in [3.63, 3.8) is 0 Å². The van der Waals surface area contributed by atoms with E-state index in [9.17, 15) is 4.39 Å². The number of hydrogen-bond donors (Lipinski definition) is 2. The SMILES string of the molecule is Cc1c(CNC(Cc2cccs2)c2nccs2)[nH]c2ccc(F)cc12. The third-order valence-corrected chi connectivity index (χ3v) is 6.17. The highest BCUT2D eigenvalue weighted by Crippen LogP contribution is 2.26. The summed E-state index contributed by atoms with van der Waals surface area (Å²) < 4.78 is 13.5. The summed E-state index contributed by atoms with van der Waals surface area (Å²) >= 11 is 3.44. The van der Waals surface area contributed by atoms with Crippen LogP contribution in [0.5, 0.6) is 0 Å². The Hall–Kier alpha value is -2.02. The summed E-state index contributed by atoms with van der Waals surface area (Å²) in [7, 11) is 0. The zero-order valence-electron chi connectivity index (χ0n) is 13.8. The number of H-pyrrole nitrogens is 1. The predicted octanol–water partition coefficient (Wildman–Crippen LogP) is 5.21. The number of halogens is 1. The van der Waals surface area contributed by atoms with E-state index in [0.717, 1.165) is 33.6 Å². The maximum atomic E-state index is 13.5. The molecule has 128 valence electrons. The smallest absolute Gasteiger partial charge is 0.123 e. The molecule has 0 saturated carbocycles. The van der Waals surface area contributed by atoms with Crippen molar-refractivity contribution in [3.05, 3.63) is 74.2 Å². The van der Waals surface area contributed by atoms with Crippen LogP contribution in [0.1, 0.15) is 27.2 Å². The molecule has 3 heterocycles. The molecule has 0 aliphatic carbocycles. The van der Waals surface area contributed by atoms with Crippen LogP contribution in [0.25, 0.3) is 10.9 Å². The van der Waals surface area contributed by atoms with Crippen molar-refractivity contribution in [2.24, 2.45) is 0 Å². The van der Waals surface area contributed by atoms with Crippen LogP contribution in [-0.4, -0.2) is 9.97 Å². The molecule has 3 nitrogen and oxygen atoms in total. The summed E-state index contributed by atoms with van der Waals surface area (Å²) in [5.74, 6) is -0.201. The first-order valence-corrected chi connectivity index (χ1v) is 9.88. The summed E-state index contributed by atoms with van der Waals surface area (Å²) in [6.07, 6.45) is 2.76. The summed E-state index contributed by atoms with van der Waals surface area (Å²) in [6.45, 7) is 2.73. The lowest BCUT2D eigenvalue weighted by molar-refractivity contribution is 0.526. The normalized spacial score (nSPS) is 12.7. The number of aromatic amines is 1. The molecule has 6 heteroatoms. The van der Waals surface area contributed by atoms with E-state index in [2.05, 4.69) is 32.8 Å². The number of aryl methyl sites for hydroxylation is 1. The van der Waals surface area contributed by atoms with Crippen molar-refractivity contribution in [2.75, 3.05) is 0 Å². The van der Waals surface area contributed by atoms with Gasteiger partial charge in [0.2, 0.25) is 0 Å². The Morgan fingerprint density at radius 2 is 2.16 bits per heavy atom. The second kappa shape index (κ2) is 7.07. The van der Waals surface area contributed by atoms with Gasteiger partial charge in [-0.25, -0.2) is 9.37 Å². The highest BCUT2D eigenvalue weighted by atomic mass is 32.1. The van der Waals surface area contributed by atoms with Crippen molar-refractivity contribution in [3.8, 4) is 0 Å². The van der Waals surface area contributed by atoms with Gasteiger partial charge in [-0.3, -0.25) is 0 Å². The van der Waals surface area contributed by atoms with Crippen LogP contribution in [0.4, 0.5) is 4.39 Å². The molecule has 4 aromatic rings. The number of hydrogen-bond acceptors (Lipinski definition) is 4. The van der Waals surface area contributed by atoms with Gasteiger partial charge < -0.3 is 10.3 Å². The van der Waals surface area contributed by atoms with Gasteiger partial charge in [0.25, 0.3) is 0 Å². The minimum atomic E-state index is -0.201. The van der Waals surface area contributed by atoms with Crippen LogP contribution < -0.4 is 5.32 Å². The zero-order valence-corrected chi connectivity index (χ0v) is 15.4. The Bertz CT molecular complexity index is 958. The van der Waals surface area contributed by atoms with Gasteiger partial charge in [0.05, 0.1) is 6.04 Å². The molecule has 0 bridgehead atoms. The van der Waals surface area contributed by atoms with Crippen LogP contribution in [0.15, 0.2) is 47.3 Å². The van der Waals surface area contributed by atoms with E-state index in [4.69, 9.17) is 0 Å². The van der Waals surface area contributed by atoms with Crippen molar-refractivity contribution >= 4 is 33.6 Å². The fourth-order valence-electron chi connectivity index (χ4n) is 3.04. The zero-order chi connectivity index (χ0) is 17.2. The molecule has 0 saturated heterocycles. The van der Waals surface area contributed by atoms with E-state index in [1.165, 1.54) is 10.9 Å². The Kier molecular flexibility index (Phi) is 4.65. The molecule has 4 rings (SSSR count). The Morgan fingerprint density at radius 3 is 2.92 bits per heavy atom. The number of nitrogens with zero attached hydrogens (tertiary/aromatic N) is 1. The van der Waals surface area contributed by atoms with Crippen molar-refractivity contribution in [2.45, 2.75) is 25.9 Å². The van der Waals surface area contributed by atoms with Crippen LogP contribution in [0.2, 0.25) is 0 Å². The van der Waals surface area contributed by atoms with Gasteiger partial charge in [-0.15, -0.1) is 22.7 Å². The average Bonchev–Trinajstić information content (AvgIpc) is 3.34. The highest BCUT2D eigenvalue weighted by Gasteiger charge is 2.17. The lowest BCUT2D eigenvalue weighted by Crippen LogP contribution is -2.23. The number of aromatic nitrogens is 2. The highest BCUT2D eigenvalue weighted by molar-refractivity contribution is 7.10. The summed E-state index contributed by atoms with van der Waals surface area (Å²) in [5.41, 5.74) is 3.16. The predicted molar refractivity (Wildman–Crippen MR) is 103 cm³/mol. The third-order valence-electron chi connectivity index (χ3n) is 4.38. The van der Waals surface area contributed by atoms with E-state index < -0.39 is 0 Å². The van der Waals surface area contributed by atoms with Crippen molar-refractivity contribution < 1.29 is 4.39 Å². The molecular formula is C19H18FN3S2. The number of thiophene rings is 1. The Balaban J connectivity index is 1.56. The molecule has 2 N–H and O–H groups in total. The molecule has 1 aromatic carbocycles. The number of nitrogens with one attached hydrogen (secondary N) is 2. The van der Waals surface area contributed by atoms with E-state index in [-0.39, 0.29) is 11.9 Å². The Labute approximate surface area is 153 Å². The van der Waals surface area contributed by atoms with Crippen LogP contribution >= 0.6 is 22.7 Å². The lowest BCUT2D eigenvalue weighted by atomic mass is 10.1. The minimum Gasteiger partial charge on any atom is -0.357 e. The van der Waals surface area contributed by atoms with Gasteiger partial charge in [0.1, 0.15) is 10.8 Å². The van der Waals surface area contributed by atoms with Gasteiger partial charge >= 0.3 is 0 Å². The van der Waals surface area contributed by atoms with Crippen molar-refractivity contribution in [1.29, 1.82) is 0 Å². The first-order valence-electron chi connectivity index (χ1n) is 8.12. The second-order valence-electron chi connectivity index (χ2n) is 6.01. The fraction of sp³-hybridized carbons (Fsp3) is 0.211. The lowest BCUT2D eigenvalue weighted by Gasteiger charge is -2.16. The fourth-order valence-corrected chi connectivity index (χ4v) is 4.51. The first kappa shape index (κ1) is 16.4. The van der Waals surface area contributed by atoms with Gasteiger partial charge in [0, 0.05) is 46.0 Å². The van der Waals surface area contributed by atoms with Gasteiger partial charge in [0.15, 0.2) is 0 Å². The maximum Gasteiger partial charge on any atom is 0.123 e. The summed E-state index contributed by atoms with van der Waals surface area (Å²) in [6, 6.07) is 9.28. The monoisotopic (exact) mass is 371 g/mol. The van der Waals surface area contributed by atoms with Crippen LogP contribution in [0.3, 0.4) is 0 Å². The van der Waals surface area contributed by atoms with Crippen molar-refractivity contribution in [1.82, 2.24) is 15.3 Å². The van der Waals surface area contributed by atoms with Crippen LogP contribution in [0, 0.1) is 12.7 Å². The molecule has 0 aliphatic heterocycles. The molecule has 3 aromatic heterocycles. The molecule has 0 fully saturated rings. The number of benzene rings is 1. The largest absolute Gasteiger partial charge is 0.357 e. The Morgan fingerprint density at radius 1 is 1.24 bits per heavy atom. The molecule has 0 radical (unpaired) electrons. The summed E-state index contributed by atoms with van der Waals surface area (Å²) in [4.78, 5) is 9.23. The minimum absolute atomic E-state index is 0.168. The van der Waals surface area contributed by atoms with Gasteiger partial charge in [-0.1, -0.05) is 6.07 Å². The molecule has 1 atom stereocenters. The first-order chi connectivity index (χ1) is 12.2. The quantitative estimate of drug-likeness (QED) is 0.489. The second-order valence-corrected chi connectivity index (χ2v) is 7.96. The van der Waals surface area contributed by atoms with E-state index in [1.54, 1.807) is 34.8 Å². The maximum absolute atomic E-state index is 13.5. The van der Waals surface area contributed by atoms with E-state index >= 15 is 0 Å². The number of fused-ring (bicyclic) bond motifs is 1. The van der Waals surface area contributed by atoms with Gasteiger partial charge in [-0.2, -0.15) is 0 Å². The van der Waals surface area contributed by atoms with Gasteiger partial charge in [-0.05, 0) is 42.1 Å². The molecule has 0 amide bonds. The van der Waals surface area contributed by atoms with Crippen LogP contribution in [-0.2, 0) is 13.0 Å². The third kappa shape index (κ3) is 3.51. The average molecular weight is 372 g/mol.